The van der Waals surface area contributed by atoms with Gasteiger partial charge in [-0.1, -0.05) is 32.5 Å². The van der Waals surface area contributed by atoms with E-state index in [0.29, 0.717) is 42.9 Å². The quantitative estimate of drug-likeness (QED) is 0.332. The molecule has 2 aromatic rings. The van der Waals surface area contributed by atoms with Gasteiger partial charge in [0.15, 0.2) is 0 Å². The molecule has 0 spiro atoms. The summed E-state index contributed by atoms with van der Waals surface area (Å²) in [5.74, 6) is -0.364. The zero-order valence-corrected chi connectivity index (χ0v) is 22.3. The lowest BCUT2D eigenvalue weighted by Crippen LogP contribution is -2.43. The van der Waals surface area contributed by atoms with Gasteiger partial charge in [0.1, 0.15) is 24.3 Å². The Morgan fingerprint density at radius 1 is 1.31 bits per heavy atom. The highest BCUT2D eigenvalue weighted by atomic mass is 28.3. The Labute approximate surface area is 212 Å². The van der Waals surface area contributed by atoms with E-state index in [9.17, 15) is 19.6 Å². The van der Waals surface area contributed by atoms with Crippen molar-refractivity contribution >= 4 is 30.9 Å². The summed E-state index contributed by atoms with van der Waals surface area (Å²) >= 11 is 0. The van der Waals surface area contributed by atoms with E-state index in [4.69, 9.17) is 4.74 Å². The van der Waals surface area contributed by atoms with Crippen molar-refractivity contribution in [3.05, 3.63) is 28.9 Å². The molecule has 10 nitrogen and oxygen atoms in total. The van der Waals surface area contributed by atoms with Gasteiger partial charge in [-0.2, -0.15) is 5.26 Å². The average molecular weight is 513 g/mol. The highest BCUT2D eigenvalue weighted by molar-refractivity contribution is 6.76. The fraction of sp³-hybridized carbons (Fsp3) is 0.640. The molecule has 3 atom stereocenters. The molecule has 2 aliphatic rings. The lowest BCUT2D eigenvalue weighted by atomic mass is 9.98. The van der Waals surface area contributed by atoms with Gasteiger partial charge < -0.3 is 24.5 Å². The first-order valence-electron chi connectivity index (χ1n) is 12.8. The number of nitrogens with one attached hydrogen (secondary N) is 2. The number of ether oxygens (including phenoxy) is 1. The minimum atomic E-state index is -1.23. The molecule has 36 heavy (non-hydrogen) atoms. The van der Waals surface area contributed by atoms with Crippen LogP contribution in [0.5, 0.6) is 0 Å². The van der Waals surface area contributed by atoms with E-state index >= 15 is 0 Å². The van der Waals surface area contributed by atoms with Crippen molar-refractivity contribution in [2.45, 2.75) is 76.6 Å². The fourth-order valence-electron chi connectivity index (χ4n) is 4.56. The maximum atomic E-state index is 13.6. The number of fused-ring (bicyclic) bond motifs is 1. The van der Waals surface area contributed by atoms with Crippen LogP contribution in [-0.4, -0.2) is 53.2 Å². The van der Waals surface area contributed by atoms with Crippen LogP contribution in [0.4, 0.5) is 0 Å². The molecular weight excluding hydrogens is 476 g/mol. The molecular formula is C25H36N6O4Si. The number of carbonyl (C=O) groups is 2. The predicted octanol–water partition coefficient (Wildman–Crippen LogP) is 2.39. The third-order valence-electron chi connectivity index (χ3n) is 6.97. The third kappa shape index (κ3) is 6.42. The summed E-state index contributed by atoms with van der Waals surface area (Å²) in [5, 5.41) is 15.2. The Morgan fingerprint density at radius 2 is 2.08 bits per heavy atom. The fourth-order valence-corrected chi connectivity index (χ4v) is 5.32. The zero-order valence-electron chi connectivity index (χ0n) is 21.3. The van der Waals surface area contributed by atoms with Gasteiger partial charge in [-0.05, 0) is 37.3 Å². The number of nitrogens with zero attached hydrogens (tertiary/aromatic N) is 4. The van der Waals surface area contributed by atoms with Gasteiger partial charge in [0.25, 0.3) is 5.56 Å². The Hall–Kier alpha value is -2.97. The molecule has 4 rings (SSSR count). The molecule has 2 amide bonds. The predicted molar refractivity (Wildman–Crippen MR) is 138 cm³/mol. The lowest BCUT2D eigenvalue weighted by Gasteiger charge is -2.22. The molecule has 2 N–H and O–H groups in total. The molecule has 2 fully saturated rings. The van der Waals surface area contributed by atoms with Gasteiger partial charge in [0.2, 0.25) is 11.8 Å². The average Bonchev–Trinajstić information content (AvgIpc) is 3.41. The number of rotatable bonds is 12. The first-order valence-corrected chi connectivity index (χ1v) is 16.5. The van der Waals surface area contributed by atoms with Crippen molar-refractivity contribution < 1.29 is 14.3 Å². The van der Waals surface area contributed by atoms with Crippen LogP contribution in [-0.2, 0) is 21.1 Å². The number of amides is 2. The number of carbonyl (C=O) groups excluding carboxylic acids is 2. The third-order valence-corrected chi connectivity index (χ3v) is 8.67. The SMILES string of the molecule is C[Si](C)(C)CCOCn1cnc2ccn(C(CC3CC3)C(=O)NC(C#N)CC3CCNC3=O)c(=O)c21. The summed E-state index contributed by atoms with van der Waals surface area (Å²) in [4.78, 5) is 43.3. The van der Waals surface area contributed by atoms with Gasteiger partial charge in [0, 0.05) is 33.3 Å². The van der Waals surface area contributed by atoms with Crippen molar-refractivity contribution in [1.82, 2.24) is 24.8 Å². The van der Waals surface area contributed by atoms with Crippen LogP contribution in [0.1, 0.15) is 38.1 Å². The Kier molecular flexibility index (Phi) is 7.95. The van der Waals surface area contributed by atoms with Crippen LogP contribution in [0.25, 0.3) is 11.0 Å². The van der Waals surface area contributed by atoms with Crippen LogP contribution in [0.2, 0.25) is 25.7 Å². The monoisotopic (exact) mass is 512 g/mol. The number of imidazole rings is 1. The second kappa shape index (κ2) is 11.0. The summed E-state index contributed by atoms with van der Waals surface area (Å²) in [6.07, 6.45) is 6.70. The number of nitriles is 1. The van der Waals surface area contributed by atoms with Crippen molar-refractivity contribution in [3.63, 3.8) is 0 Å². The molecule has 1 saturated carbocycles. The highest BCUT2D eigenvalue weighted by Crippen LogP contribution is 2.37. The van der Waals surface area contributed by atoms with Crippen LogP contribution in [0.15, 0.2) is 23.4 Å². The highest BCUT2D eigenvalue weighted by Gasteiger charge is 2.34. The van der Waals surface area contributed by atoms with Gasteiger partial charge in [-0.15, -0.1) is 0 Å². The lowest BCUT2D eigenvalue weighted by molar-refractivity contribution is -0.126. The summed E-state index contributed by atoms with van der Waals surface area (Å²) in [6.45, 7) is 8.28. The summed E-state index contributed by atoms with van der Waals surface area (Å²) < 4.78 is 9.00. The molecule has 1 saturated heterocycles. The van der Waals surface area contributed by atoms with Crippen molar-refractivity contribution in [3.8, 4) is 6.07 Å². The Balaban J connectivity index is 1.53. The molecule has 3 heterocycles. The molecule has 2 aromatic heterocycles. The Bertz CT molecular complexity index is 1210. The minimum Gasteiger partial charge on any atom is -0.361 e. The second-order valence-electron chi connectivity index (χ2n) is 11.2. The summed E-state index contributed by atoms with van der Waals surface area (Å²) in [6, 6.07) is 3.35. The molecule has 1 aliphatic heterocycles. The second-order valence-corrected chi connectivity index (χ2v) is 16.8. The minimum absolute atomic E-state index is 0.0824. The van der Waals surface area contributed by atoms with Crippen molar-refractivity contribution in [2.24, 2.45) is 11.8 Å². The molecule has 0 aromatic carbocycles. The van der Waals surface area contributed by atoms with Crippen LogP contribution >= 0.6 is 0 Å². The molecule has 0 bridgehead atoms. The molecule has 194 valence electrons. The van der Waals surface area contributed by atoms with E-state index in [0.717, 1.165) is 18.9 Å². The van der Waals surface area contributed by atoms with E-state index in [1.807, 2.05) is 0 Å². The standard InChI is InChI=1S/C25H36N6O4Si/c1-36(2,3)11-10-35-16-30-15-28-20-7-9-31(25(34)22(20)30)21(12-17-4-5-17)24(33)29-19(14-26)13-18-6-8-27-23(18)32/h7,9,15,17-19,21H,4-6,8,10-13,16H2,1-3H3,(H,27,32)(H,29,33). The van der Waals surface area contributed by atoms with Gasteiger partial charge >= 0.3 is 0 Å². The molecule has 1 aliphatic carbocycles. The molecule has 11 heteroatoms. The van der Waals surface area contributed by atoms with Crippen molar-refractivity contribution in [2.75, 3.05) is 13.2 Å². The van der Waals surface area contributed by atoms with Crippen LogP contribution in [0, 0.1) is 23.2 Å². The van der Waals surface area contributed by atoms with Crippen LogP contribution < -0.4 is 16.2 Å². The Morgan fingerprint density at radius 3 is 2.72 bits per heavy atom. The molecule has 3 unspecified atom stereocenters. The van der Waals surface area contributed by atoms with E-state index < -0.39 is 20.2 Å². The zero-order chi connectivity index (χ0) is 25.9. The van der Waals surface area contributed by atoms with Gasteiger partial charge in [-0.3, -0.25) is 14.4 Å². The van der Waals surface area contributed by atoms with Gasteiger partial charge in [0.05, 0.1) is 17.9 Å². The topological polar surface area (TPSA) is 131 Å². The normalized spacial score (nSPS) is 19.6. The van der Waals surface area contributed by atoms with Gasteiger partial charge in [-0.25, -0.2) is 4.98 Å². The molecule has 0 radical (unpaired) electrons. The number of hydrogen-bond donors (Lipinski definition) is 2. The van der Waals surface area contributed by atoms with Crippen molar-refractivity contribution in [1.29, 1.82) is 5.26 Å². The summed E-state index contributed by atoms with van der Waals surface area (Å²) in [5.41, 5.74) is 0.652. The number of pyridine rings is 1. The van der Waals surface area contributed by atoms with E-state index in [-0.39, 0.29) is 36.4 Å². The first-order chi connectivity index (χ1) is 17.2. The summed E-state index contributed by atoms with van der Waals surface area (Å²) in [7, 11) is -1.23. The largest absolute Gasteiger partial charge is 0.361 e. The van der Waals surface area contributed by atoms with Crippen LogP contribution in [0.3, 0.4) is 0 Å². The van der Waals surface area contributed by atoms with E-state index in [1.54, 1.807) is 23.2 Å². The van der Waals surface area contributed by atoms with E-state index in [1.165, 1.54) is 4.57 Å². The first kappa shape index (κ1) is 26.1. The number of aromatic nitrogens is 3. The smallest absolute Gasteiger partial charge is 0.277 e. The number of hydrogen-bond acceptors (Lipinski definition) is 6. The maximum Gasteiger partial charge on any atom is 0.277 e. The van der Waals surface area contributed by atoms with E-state index in [2.05, 4.69) is 41.3 Å². The maximum absolute atomic E-state index is 13.6.